The molecule has 146 valence electrons. The van der Waals surface area contributed by atoms with Crippen LogP contribution in [0, 0.1) is 0 Å². The lowest BCUT2D eigenvalue weighted by atomic mass is 10.1. The molecular weight excluding hydrogens is 348 g/mol. The summed E-state index contributed by atoms with van der Waals surface area (Å²) in [5.74, 6) is -0.0801. The Labute approximate surface area is 158 Å². The summed E-state index contributed by atoms with van der Waals surface area (Å²) in [5, 5.41) is 0. The maximum atomic E-state index is 13.0. The molecule has 0 spiro atoms. The van der Waals surface area contributed by atoms with E-state index in [2.05, 4.69) is 13.8 Å². The van der Waals surface area contributed by atoms with E-state index < -0.39 is 10.0 Å². The average Bonchev–Trinajstić information content (AvgIpc) is 2.68. The Bertz CT molecular complexity index is 697. The average molecular weight is 381 g/mol. The van der Waals surface area contributed by atoms with Crippen molar-refractivity contribution in [1.82, 2.24) is 9.21 Å². The smallest absolute Gasteiger partial charge is 0.254 e. The fourth-order valence-electron chi connectivity index (χ4n) is 3.28. The molecule has 6 heteroatoms. The molecular formula is C20H32N2O3S. The van der Waals surface area contributed by atoms with Gasteiger partial charge in [-0.1, -0.05) is 32.8 Å². The van der Waals surface area contributed by atoms with E-state index in [4.69, 9.17) is 0 Å². The van der Waals surface area contributed by atoms with Crippen LogP contribution in [0.5, 0.6) is 0 Å². The van der Waals surface area contributed by atoms with E-state index in [-0.39, 0.29) is 16.8 Å². The lowest BCUT2D eigenvalue weighted by Gasteiger charge is -2.29. The Morgan fingerprint density at radius 1 is 1.19 bits per heavy atom. The fraction of sp³-hybridized carbons (Fsp3) is 0.650. The highest BCUT2D eigenvalue weighted by atomic mass is 32.2. The second-order valence-electron chi connectivity index (χ2n) is 7.10. The molecule has 2 rings (SSSR count). The lowest BCUT2D eigenvalue weighted by molar-refractivity contribution is 0.0685. The molecule has 0 N–H and O–H groups in total. The van der Waals surface area contributed by atoms with Crippen molar-refractivity contribution in [3.8, 4) is 0 Å². The zero-order valence-electron chi connectivity index (χ0n) is 16.3. The van der Waals surface area contributed by atoms with Gasteiger partial charge in [0.05, 0.1) is 4.90 Å². The largest absolute Gasteiger partial charge is 0.336 e. The minimum atomic E-state index is -3.52. The Kier molecular flexibility index (Phi) is 7.65. The van der Waals surface area contributed by atoms with Crippen molar-refractivity contribution >= 4 is 15.9 Å². The normalized spacial score (nSPS) is 17.0. The van der Waals surface area contributed by atoms with E-state index in [1.807, 2.05) is 11.8 Å². The van der Waals surface area contributed by atoms with Crippen molar-refractivity contribution in [1.29, 1.82) is 0 Å². The number of nitrogens with zero attached hydrogens (tertiary/aromatic N) is 2. The number of hydrogen-bond acceptors (Lipinski definition) is 3. The maximum Gasteiger partial charge on any atom is 0.254 e. The molecule has 0 aliphatic carbocycles. The van der Waals surface area contributed by atoms with Crippen molar-refractivity contribution in [3.05, 3.63) is 29.8 Å². The van der Waals surface area contributed by atoms with Crippen LogP contribution in [0.25, 0.3) is 0 Å². The molecule has 0 saturated carbocycles. The second kappa shape index (κ2) is 9.51. The summed E-state index contributed by atoms with van der Waals surface area (Å²) in [4.78, 5) is 15.1. The molecule has 1 heterocycles. The predicted molar refractivity (Wildman–Crippen MR) is 105 cm³/mol. The molecule has 26 heavy (non-hydrogen) atoms. The summed E-state index contributed by atoms with van der Waals surface area (Å²) in [6.45, 7) is 8.04. The standard InChI is InChI=1S/C20H32N2O3S/c1-4-6-15-22(17(3)5-2)20(23)18-11-10-12-19(16-18)26(24,25)21-13-8-7-9-14-21/h10-12,16-17H,4-9,13-15H2,1-3H3. The molecule has 1 aliphatic heterocycles. The Hall–Kier alpha value is -1.40. The Morgan fingerprint density at radius 3 is 2.50 bits per heavy atom. The van der Waals surface area contributed by atoms with E-state index in [0.29, 0.717) is 25.2 Å². The van der Waals surface area contributed by atoms with Gasteiger partial charge in [-0.2, -0.15) is 4.31 Å². The molecule has 1 aromatic carbocycles. The van der Waals surface area contributed by atoms with Crippen LogP contribution in [0.2, 0.25) is 0 Å². The number of unbranched alkanes of at least 4 members (excludes halogenated alkanes) is 1. The Balaban J connectivity index is 2.27. The molecule has 0 aromatic heterocycles. The van der Waals surface area contributed by atoms with Crippen LogP contribution in [0.1, 0.15) is 69.7 Å². The van der Waals surface area contributed by atoms with E-state index in [1.54, 1.807) is 28.6 Å². The molecule has 0 bridgehead atoms. The number of carbonyl (C=O) groups is 1. The third kappa shape index (κ3) is 4.86. The number of hydrogen-bond donors (Lipinski definition) is 0. The number of benzene rings is 1. The summed E-state index contributed by atoms with van der Waals surface area (Å²) < 4.78 is 27.3. The van der Waals surface area contributed by atoms with Gasteiger partial charge in [0, 0.05) is 31.2 Å². The number of carbonyl (C=O) groups excluding carboxylic acids is 1. The zero-order valence-corrected chi connectivity index (χ0v) is 17.1. The van der Waals surface area contributed by atoms with Crippen LogP contribution in [0.15, 0.2) is 29.2 Å². The quantitative estimate of drug-likeness (QED) is 0.687. The van der Waals surface area contributed by atoms with Crippen LogP contribution in [-0.4, -0.2) is 49.2 Å². The molecule has 1 fully saturated rings. The highest BCUT2D eigenvalue weighted by Gasteiger charge is 2.27. The first-order valence-electron chi connectivity index (χ1n) is 9.83. The topological polar surface area (TPSA) is 57.7 Å². The van der Waals surface area contributed by atoms with Crippen molar-refractivity contribution in [2.45, 2.75) is 70.2 Å². The summed E-state index contributed by atoms with van der Waals surface area (Å²) in [7, 11) is -3.52. The summed E-state index contributed by atoms with van der Waals surface area (Å²) in [6, 6.07) is 6.68. The predicted octanol–water partition coefficient (Wildman–Crippen LogP) is 3.90. The first-order valence-corrected chi connectivity index (χ1v) is 11.3. The van der Waals surface area contributed by atoms with Crippen molar-refractivity contribution < 1.29 is 13.2 Å². The van der Waals surface area contributed by atoms with Gasteiger partial charge in [-0.15, -0.1) is 0 Å². The number of sulfonamides is 1. The van der Waals surface area contributed by atoms with Gasteiger partial charge in [-0.3, -0.25) is 4.79 Å². The van der Waals surface area contributed by atoms with Gasteiger partial charge in [0.2, 0.25) is 10.0 Å². The molecule has 1 aromatic rings. The minimum Gasteiger partial charge on any atom is -0.336 e. The van der Waals surface area contributed by atoms with Gasteiger partial charge < -0.3 is 4.90 Å². The van der Waals surface area contributed by atoms with Crippen LogP contribution in [-0.2, 0) is 10.0 Å². The van der Waals surface area contributed by atoms with E-state index in [0.717, 1.165) is 38.5 Å². The summed E-state index contributed by atoms with van der Waals surface area (Å²) in [6.07, 6.45) is 5.71. The number of rotatable bonds is 8. The zero-order chi connectivity index (χ0) is 19.2. The van der Waals surface area contributed by atoms with E-state index in [1.165, 1.54) is 0 Å². The monoisotopic (exact) mass is 380 g/mol. The fourth-order valence-corrected chi connectivity index (χ4v) is 4.84. The highest BCUT2D eigenvalue weighted by molar-refractivity contribution is 7.89. The molecule has 1 amide bonds. The van der Waals surface area contributed by atoms with Crippen LogP contribution in [0.4, 0.5) is 0 Å². The highest BCUT2D eigenvalue weighted by Crippen LogP contribution is 2.22. The second-order valence-corrected chi connectivity index (χ2v) is 9.04. The van der Waals surface area contributed by atoms with Crippen LogP contribution in [0.3, 0.4) is 0 Å². The molecule has 1 saturated heterocycles. The van der Waals surface area contributed by atoms with Crippen molar-refractivity contribution in [2.24, 2.45) is 0 Å². The summed E-state index contributed by atoms with van der Waals surface area (Å²) >= 11 is 0. The lowest BCUT2D eigenvalue weighted by Crippen LogP contribution is -2.39. The third-order valence-electron chi connectivity index (χ3n) is 5.17. The van der Waals surface area contributed by atoms with Crippen LogP contribution >= 0.6 is 0 Å². The van der Waals surface area contributed by atoms with Gasteiger partial charge in [0.25, 0.3) is 5.91 Å². The molecule has 1 aliphatic rings. The molecule has 1 atom stereocenters. The van der Waals surface area contributed by atoms with Crippen molar-refractivity contribution in [3.63, 3.8) is 0 Å². The SMILES string of the molecule is CCCCN(C(=O)c1cccc(S(=O)(=O)N2CCCCC2)c1)C(C)CC. The maximum absolute atomic E-state index is 13.0. The Morgan fingerprint density at radius 2 is 1.88 bits per heavy atom. The minimum absolute atomic E-state index is 0.0801. The molecule has 5 nitrogen and oxygen atoms in total. The first kappa shape index (κ1) is 20.9. The summed E-state index contributed by atoms with van der Waals surface area (Å²) in [5.41, 5.74) is 0.458. The van der Waals surface area contributed by atoms with Gasteiger partial charge in [0.15, 0.2) is 0 Å². The number of amides is 1. The first-order chi connectivity index (χ1) is 12.4. The van der Waals surface area contributed by atoms with Gasteiger partial charge in [-0.25, -0.2) is 8.42 Å². The van der Waals surface area contributed by atoms with Gasteiger partial charge >= 0.3 is 0 Å². The number of piperidine rings is 1. The van der Waals surface area contributed by atoms with Gasteiger partial charge in [-0.05, 0) is 50.8 Å². The van der Waals surface area contributed by atoms with E-state index in [9.17, 15) is 13.2 Å². The van der Waals surface area contributed by atoms with Gasteiger partial charge in [0.1, 0.15) is 0 Å². The van der Waals surface area contributed by atoms with Crippen LogP contribution < -0.4 is 0 Å². The van der Waals surface area contributed by atoms with E-state index >= 15 is 0 Å². The molecule has 0 radical (unpaired) electrons. The van der Waals surface area contributed by atoms with Crippen molar-refractivity contribution in [2.75, 3.05) is 19.6 Å². The molecule has 1 unspecified atom stereocenters. The third-order valence-corrected chi connectivity index (χ3v) is 7.06.